The third kappa shape index (κ3) is 2.80. The fraction of sp³-hybridized carbons (Fsp3) is 1.00. The average Bonchev–Trinajstić information content (AvgIpc) is 2.30. The molecule has 11 heavy (non-hydrogen) atoms. The van der Waals surface area contributed by atoms with Crippen molar-refractivity contribution < 1.29 is 0 Å². The van der Waals surface area contributed by atoms with Crippen LogP contribution in [-0.4, -0.2) is 25.7 Å². The highest BCUT2D eigenvalue weighted by molar-refractivity contribution is 4.77. The molecular formula is C9H20N2. The second-order valence-electron chi connectivity index (χ2n) is 3.50. The van der Waals surface area contributed by atoms with Gasteiger partial charge in [0.1, 0.15) is 0 Å². The molecule has 1 saturated heterocycles. The summed E-state index contributed by atoms with van der Waals surface area (Å²) in [4.78, 5) is 0. The lowest BCUT2D eigenvalue weighted by Gasteiger charge is -2.21. The molecule has 0 radical (unpaired) electrons. The number of rotatable bonds is 2. The first kappa shape index (κ1) is 9.01. The summed E-state index contributed by atoms with van der Waals surface area (Å²) in [5, 5.41) is 7.02. The maximum absolute atomic E-state index is 3.57. The Morgan fingerprint density at radius 1 is 1.45 bits per heavy atom. The maximum Gasteiger partial charge on any atom is 0.0217 e. The Morgan fingerprint density at radius 3 is 3.00 bits per heavy atom. The Bertz CT molecular complexity index is 95.7. The van der Waals surface area contributed by atoms with Crippen LogP contribution in [0.15, 0.2) is 0 Å². The Hall–Kier alpha value is -0.0800. The van der Waals surface area contributed by atoms with Gasteiger partial charge in [-0.25, -0.2) is 0 Å². The molecule has 2 atom stereocenters. The molecule has 0 aromatic rings. The molecule has 2 nitrogen and oxygen atoms in total. The number of hydrogen-bond acceptors (Lipinski definition) is 2. The second-order valence-corrected chi connectivity index (χ2v) is 3.50. The lowest BCUT2D eigenvalue weighted by molar-refractivity contribution is 0.375. The summed E-state index contributed by atoms with van der Waals surface area (Å²) in [6.07, 6.45) is 2.55. The Kier molecular flexibility index (Phi) is 3.87. The van der Waals surface area contributed by atoms with Crippen molar-refractivity contribution in [2.45, 2.75) is 32.7 Å². The first-order valence-corrected chi connectivity index (χ1v) is 4.78. The highest BCUT2D eigenvalue weighted by Gasteiger charge is 2.15. The van der Waals surface area contributed by atoms with Gasteiger partial charge >= 0.3 is 0 Å². The Labute approximate surface area is 69.8 Å². The van der Waals surface area contributed by atoms with E-state index in [1.54, 1.807) is 0 Å². The van der Waals surface area contributed by atoms with Crippen LogP contribution in [0.4, 0.5) is 0 Å². The molecule has 1 aliphatic heterocycles. The molecule has 1 rings (SSSR count). The van der Waals surface area contributed by atoms with Gasteiger partial charge in [0.2, 0.25) is 0 Å². The smallest absolute Gasteiger partial charge is 0.0217 e. The molecule has 0 amide bonds. The van der Waals surface area contributed by atoms with Crippen molar-refractivity contribution in [3.05, 3.63) is 0 Å². The van der Waals surface area contributed by atoms with E-state index >= 15 is 0 Å². The average molecular weight is 156 g/mol. The first-order chi connectivity index (χ1) is 5.34. The highest BCUT2D eigenvalue weighted by atomic mass is 15.0. The first-order valence-electron chi connectivity index (χ1n) is 4.78. The minimum Gasteiger partial charge on any atom is -0.315 e. The van der Waals surface area contributed by atoms with Crippen molar-refractivity contribution in [2.24, 2.45) is 5.92 Å². The van der Waals surface area contributed by atoms with Crippen LogP contribution in [-0.2, 0) is 0 Å². The summed E-state index contributed by atoms with van der Waals surface area (Å²) < 4.78 is 0. The van der Waals surface area contributed by atoms with Crippen molar-refractivity contribution in [1.29, 1.82) is 0 Å². The van der Waals surface area contributed by atoms with Crippen LogP contribution in [0.25, 0.3) is 0 Å². The summed E-state index contributed by atoms with van der Waals surface area (Å²) in [6, 6.07) is 0.697. The third-order valence-electron chi connectivity index (χ3n) is 2.63. The summed E-state index contributed by atoms with van der Waals surface area (Å²) in [5.41, 5.74) is 0. The van der Waals surface area contributed by atoms with Crippen LogP contribution < -0.4 is 10.6 Å². The standard InChI is InChI=1S/C9H20N2/c1-3-8(2)9-7-10-5-4-6-11-9/h8-11H,3-7H2,1-2H3. The van der Waals surface area contributed by atoms with Gasteiger partial charge in [-0.2, -0.15) is 0 Å². The lowest BCUT2D eigenvalue weighted by atomic mass is 9.99. The van der Waals surface area contributed by atoms with Crippen molar-refractivity contribution in [2.75, 3.05) is 19.6 Å². The maximum atomic E-state index is 3.57. The van der Waals surface area contributed by atoms with E-state index in [1.165, 1.54) is 25.9 Å². The van der Waals surface area contributed by atoms with Gasteiger partial charge in [0.25, 0.3) is 0 Å². The van der Waals surface area contributed by atoms with Crippen molar-refractivity contribution in [1.82, 2.24) is 10.6 Å². The van der Waals surface area contributed by atoms with Crippen LogP contribution in [0.1, 0.15) is 26.7 Å². The van der Waals surface area contributed by atoms with Crippen LogP contribution in [0.5, 0.6) is 0 Å². The van der Waals surface area contributed by atoms with Gasteiger partial charge in [0.15, 0.2) is 0 Å². The van der Waals surface area contributed by atoms with Gasteiger partial charge in [-0.15, -0.1) is 0 Å². The molecular weight excluding hydrogens is 136 g/mol. The van der Waals surface area contributed by atoms with Gasteiger partial charge in [-0.3, -0.25) is 0 Å². The topological polar surface area (TPSA) is 24.1 Å². The molecule has 2 N–H and O–H groups in total. The number of hydrogen-bond donors (Lipinski definition) is 2. The predicted molar refractivity (Wildman–Crippen MR) is 48.7 cm³/mol. The molecule has 2 heteroatoms. The molecule has 0 aromatic carbocycles. The zero-order valence-corrected chi connectivity index (χ0v) is 7.69. The van der Waals surface area contributed by atoms with E-state index in [1.807, 2.05) is 0 Å². The Balaban J connectivity index is 2.30. The van der Waals surface area contributed by atoms with E-state index in [2.05, 4.69) is 24.5 Å². The number of nitrogens with one attached hydrogen (secondary N) is 2. The van der Waals surface area contributed by atoms with Crippen LogP contribution in [0.2, 0.25) is 0 Å². The summed E-state index contributed by atoms with van der Waals surface area (Å²) >= 11 is 0. The van der Waals surface area contributed by atoms with Crippen LogP contribution in [0.3, 0.4) is 0 Å². The van der Waals surface area contributed by atoms with E-state index in [0.717, 1.165) is 12.5 Å². The van der Waals surface area contributed by atoms with Crippen LogP contribution >= 0.6 is 0 Å². The normalized spacial score (nSPS) is 29.5. The van der Waals surface area contributed by atoms with E-state index in [4.69, 9.17) is 0 Å². The minimum atomic E-state index is 0.697. The zero-order valence-electron chi connectivity index (χ0n) is 7.69. The third-order valence-corrected chi connectivity index (χ3v) is 2.63. The minimum absolute atomic E-state index is 0.697. The molecule has 1 aliphatic rings. The van der Waals surface area contributed by atoms with Gasteiger partial charge in [0, 0.05) is 12.6 Å². The van der Waals surface area contributed by atoms with Crippen LogP contribution in [0, 0.1) is 5.92 Å². The van der Waals surface area contributed by atoms with Gasteiger partial charge in [0.05, 0.1) is 0 Å². The van der Waals surface area contributed by atoms with Crippen molar-refractivity contribution in [3.8, 4) is 0 Å². The van der Waals surface area contributed by atoms with E-state index in [9.17, 15) is 0 Å². The van der Waals surface area contributed by atoms with Gasteiger partial charge < -0.3 is 10.6 Å². The van der Waals surface area contributed by atoms with E-state index in [-0.39, 0.29) is 0 Å². The summed E-state index contributed by atoms with van der Waals surface area (Å²) in [5.74, 6) is 0.806. The monoisotopic (exact) mass is 156 g/mol. The molecule has 1 fully saturated rings. The molecule has 0 aromatic heterocycles. The molecule has 1 heterocycles. The second kappa shape index (κ2) is 4.73. The quantitative estimate of drug-likeness (QED) is 0.623. The zero-order chi connectivity index (χ0) is 8.10. The summed E-state index contributed by atoms with van der Waals surface area (Å²) in [7, 11) is 0. The SMILES string of the molecule is CCC(C)C1CNCCCN1. The largest absolute Gasteiger partial charge is 0.315 e. The molecule has 0 saturated carbocycles. The van der Waals surface area contributed by atoms with Crippen molar-refractivity contribution in [3.63, 3.8) is 0 Å². The van der Waals surface area contributed by atoms with E-state index < -0.39 is 0 Å². The predicted octanol–water partition coefficient (Wildman–Crippen LogP) is 0.984. The molecule has 0 aliphatic carbocycles. The molecule has 0 spiro atoms. The molecule has 66 valence electrons. The van der Waals surface area contributed by atoms with Gasteiger partial charge in [-0.05, 0) is 25.4 Å². The fourth-order valence-corrected chi connectivity index (χ4v) is 1.52. The molecule has 0 bridgehead atoms. The fourth-order valence-electron chi connectivity index (χ4n) is 1.52. The van der Waals surface area contributed by atoms with E-state index in [0.29, 0.717) is 6.04 Å². The van der Waals surface area contributed by atoms with Crippen molar-refractivity contribution >= 4 is 0 Å². The molecule has 2 unspecified atom stereocenters. The van der Waals surface area contributed by atoms with Gasteiger partial charge in [-0.1, -0.05) is 20.3 Å². The lowest BCUT2D eigenvalue weighted by Crippen LogP contribution is -2.40. The Morgan fingerprint density at radius 2 is 2.27 bits per heavy atom. The summed E-state index contributed by atoms with van der Waals surface area (Å²) in [6.45, 7) is 8.10. The highest BCUT2D eigenvalue weighted by Crippen LogP contribution is 2.07.